The molecule has 102 valence electrons. The quantitative estimate of drug-likeness (QED) is 0.748. The number of carbonyl (C=O) groups is 1. The van der Waals surface area contributed by atoms with E-state index in [0.717, 1.165) is 6.29 Å². The van der Waals surface area contributed by atoms with E-state index in [9.17, 15) is 4.79 Å². The van der Waals surface area contributed by atoms with E-state index in [-0.39, 0.29) is 0 Å². The lowest BCUT2D eigenvalue weighted by atomic mass is 9.94. The molecule has 0 unspecified atom stereocenters. The van der Waals surface area contributed by atoms with E-state index < -0.39 is 0 Å². The molecule has 0 radical (unpaired) electrons. The van der Waals surface area contributed by atoms with Crippen LogP contribution < -0.4 is 4.74 Å². The van der Waals surface area contributed by atoms with Crippen LogP contribution in [0.1, 0.15) is 41.6 Å². The van der Waals surface area contributed by atoms with Crippen LogP contribution in [-0.4, -0.2) is 12.9 Å². The second-order valence-corrected chi connectivity index (χ2v) is 5.17. The molecule has 3 rings (SSSR count). The van der Waals surface area contributed by atoms with E-state index in [0.29, 0.717) is 23.8 Å². The predicted octanol–water partition coefficient (Wildman–Crippen LogP) is 4.44. The molecular weight excluding hydrogens is 248 g/mol. The number of hydrogen-bond acceptors (Lipinski definition) is 2. The van der Waals surface area contributed by atoms with Gasteiger partial charge in [0, 0.05) is 0 Å². The van der Waals surface area contributed by atoms with Gasteiger partial charge in [-0.15, -0.1) is 0 Å². The first-order chi connectivity index (χ1) is 9.83. The Hall–Kier alpha value is -2.09. The fourth-order valence-electron chi connectivity index (χ4n) is 2.59. The summed E-state index contributed by atoms with van der Waals surface area (Å²) in [5, 5.41) is 0. The van der Waals surface area contributed by atoms with Crippen LogP contribution in [0.15, 0.2) is 42.5 Å². The Morgan fingerprint density at radius 3 is 2.55 bits per heavy atom. The SMILES string of the molecule is CCOc1cc(-c2ccccc2)c(C2CC2)cc1C=O. The van der Waals surface area contributed by atoms with E-state index >= 15 is 0 Å². The van der Waals surface area contributed by atoms with Crippen molar-refractivity contribution >= 4 is 6.29 Å². The molecule has 2 nitrogen and oxygen atoms in total. The lowest BCUT2D eigenvalue weighted by Gasteiger charge is -2.14. The Morgan fingerprint density at radius 2 is 1.95 bits per heavy atom. The Kier molecular flexibility index (Phi) is 3.55. The van der Waals surface area contributed by atoms with Crippen LogP contribution in [0, 0.1) is 0 Å². The zero-order valence-electron chi connectivity index (χ0n) is 11.6. The van der Waals surface area contributed by atoms with Gasteiger partial charge in [0.05, 0.1) is 12.2 Å². The summed E-state index contributed by atoms with van der Waals surface area (Å²) in [6.45, 7) is 2.50. The van der Waals surface area contributed by atoms with Gasteiger partial charge in [0.1, 0.15) is 5.75 Å². The van der Waals surface area contributed by atoms with Gasteiger partial charge in [-0.3, -0.25) is 4.79 Å². The maximum absolute atomic E-state index is 11.3. The third-order valence-corrected chi connectivity index (χ3v) is 3.71. The van der Waals surface area contributed by atoms with Crippen molar-refractivity contribution in [2.75, 3.05) is 6.61 Å². The van der Waals surface area contributed by atoms with Crippen LogP contribution in [0.25, 0.3) is 11.1 Å². The maximum atomic E-state index is 11.3. The van der Waals surface area contributed by atoms with E-state index in [1.807, 2.05) is 37.3 Å². The predicted molar refractivity (Wildman–Crippen MR) is 80.4 cm³/mol. The van der Waals surface area contributed by atoms with Gasteiger partial charge in [0.15, 0.2) is 6.29 Å². The highest BCUT2D eigenvalue weighted by Gasteiger charge is 2.27. The molecule has 2 aromatic carbocycles. The molecule has 1 fully saturated rings. The second-order valence-electron chi connectivity index (χ2n) is 5.17. The monoisotopic (exact) mass is 266 g/mol. The van der Waals surface area contributed by atoms with Gasteiger partial charge in [0.25, 0.3) is 0 Å². The maximum Gasteiger partial charge on any atom is 0.153 e. The lowest BCUT2D eigenvalue weighted by Crippen LogP contribution is -1.99. The summed E-state index contributed by atoms with van der Waals surface area (Å²) >= 11 is 0. The topological polar surface area (TPSA) is 26.3 Å². The number of rotatable bonds is 5. The van der Waals surface area contributed by atoms with Crippen LogP contribution in [0.2, 0.25) is 0 Å². The van der Waals surface area contributed by atoms with Crippen molar-refractivity contribution in [2.45, 2.75) is 25.7 Å². The number of benzene rings is 2. The van der Waals surface area contributed by atoms with Gasteiger partial charge < -0.3 is 4.74 Å². The molecule has 0 aliphatic heterocycles. The first-order valence-electron chi connectivity index (χ1n) is 7.14. The molecule has 0 amide bonds. The smallest absolute Gasteiger partial charge is 0.153 e. The van der Waals surface area contributed by atoms with E-state index in [1.165, 1.54) is 29.5 Å². The third-order valence-electron chi connectivity index (χ3n) is 3.71. The summed E-state index contributed by atoms with van der Waals surface area (Å²) in [4.78, 5) is 11.3. The molecule has 0 saturated heterocycles. The summed E-state index contributed by atoms with van der Waals surface area (Å²) in [5.74, 6) is 1.28. The Labute approximate surface area is 119 Å². The van der Waals surface area contributed by atoms with Crippen molar-refractivity contribution in [3.05, 3.63) is 53.6 Å². The van der Waals surface area contributed by atoms with Crippen LogP contribution in [-0.2, 0) is 0 Å². The van der Waals surface area contributed by atoms with Crippen LogP contribution >= 0.6 is 0 Å². The zero-order valence-corrected chi connectivity index (χ0v) is 11.6. The summed E-state index contributed by atoms with van der Waals surface area (Å²) in [7, 11) is 0. The standard InChI is InChI=1S/C18H18O2/c1-2-20-18-11-17(13-6-4-3-5-7-13)16(14-8-9-14)10-15(18)12-19/h3-7,10-12,14H,2,8-9H2,1H3. The average Bonchev–Trinajstić information content (AvgIpc) is 3.33. The Balaban J connectivity index is 2.15. The second kappa shape index (κ2) is 5.49. The molecule has 2 heteroatoms. The van der Waals surface area contributed by atoms with Gasteiger partial charge in [0.2, 0.25) is 0 Å². The number of carbonyl (C=O) groups excluding carboxylic acids is 1. The van der Waals surface area contributed by atoms with Crippen molar-refractivity contribution in [1.29, 1.82) is 0 Å². The van der Waals surface area contributed by atoms with Crippen molar-refractivity contribution in [3.8, 4) is 16.9 Å². The van der Waals surface area contributed by atoms with Crippen LogP contribution in [0.5, 0.6) is 5.75 Å². The first-order valence-corrected chi connectivity index (χ1v) is 7.14. The van der Waals surface area contributed by atoms with Crippen LogP contribution in [0.3, 0.4) is 0 Å². The fraction of sp³-hybridized carbons (Fsp3) is 0.278. The number of ether oxygens (including phenoxy) is 1. The van der Waals surface area contributed by atoms with Gasteiger partial charge in [-0.05, 0) is 54.5 Å². The summed E-state index contributed by atoms with van der Waals surface area (Å²) in [5.41, 5.74) is 4.32. The highest BCUT2D eigenvalue weighted by Crippen LogP contribution is 2.46. The fourth-order valence-corrected chi connectivity index (χ4v) is 2.59. The minimum Gasteiger partial charge on any atom is -0.493 e. The summed E-state index contributed by atoms with van der Waals surface area (Å²) in [6, 6.07) is 14.4. The Bertz CT molecular complexity index is 613. The molecule has 0 atom stereocenters. The van der Waals surface area contributed by atoms with E-state index in [1.54, 1.807) is 0 Å². The normalized spacial score (nSPS) is 14.1. The van der Waals surface area contributed by atoms with Gasteiger partial charge in [-0.2, -0.15) is 0 Å². The molecule has 0 heterocycles. The highest BCUT2D eigenvalue weighted by atomic mass is 16.5. The largest absolute Gasteiger partial charge is 0.493 e. The van der Waals surface area contributed by atoms with Crippen molar-refractivity contribution in [1.82, 2.24) is 0 Å². The van der Waals surface area contributed by atoms with Crippen molar-refractivity contribution < 1.29 is 9.53 Å². The molecule has 1 aliphatic carbocycles. The van der Waals surface area contributed by atoms with Gasteiger partial charge in [-0.25, -0.2) is 0 Å². The van der Waals surface area contributed by atoms with Gasteiger partial charge >= 0.3 is 0 Å². The minimum absolute atomic E-state index is 0.567. The van der Waals surface area contributed by atoms with Crippen molar-refractivity contribution in [3.63, 3.8) is 0 Å². The summed E-state index contributed by atoms with van der Waals surface area (Å²) in [6.07, 6.45) is 3.32. The summed E-state index contributed by atoms with van der Waals surface area (Å²) < 4.78 is 5.61. The molecule has 20 heavy (non-hydrogen) atoms. The molecular formula is C18H18O2. The number of aldehydes is 1. The molecule has 0 spiro atoms. The minimum atomic E-state index is 0.567. The average molecular weight is 266 g/mol. The van der Waals surface area contributed by atoms with E-state index in [4.69, 9.17) is 4.74 Å². The van der Waals surface area contributed by atoms with Crippen LogP contribution in [0.4, 0.5) is 0 Å². The van der Waals surface area contributed by atoms with Gasteiger partial charge in [-0.1, -0.05) is 30.3 Å². The first kappa shape index (κ1) is 12.9. The van der Waals surface area contributed by atoms with Crippen molar-refractivity contribution in [2.24, 2.45) is 0 Å². The highest BCUT2D eigenvalue weighted by molar-refractivity contribution is 5.84. The molecule has 2 aromatic rings. The molecule has 1 saturated carbocycles. The Morgan fingerprint density at radius 1 is 1.20 bits per heavy atom. The molecule has 0 aromatic heterocycles. The van der Waals surface area contributed by atoms with E-state index in [2.05, 4.69) is 12.1 Å². The molecule has 0 bridgehead atoms. The third kappa shape index (κ3) is 2.46. The lowest BCUT2D eigenvalue weighted by molar-refractivity contribution is 0.112. The zero-order chi connectivity index (χ0) is 13.9. The number of hydrogen-bond donors (Lipinski definition) is 0. The molecule has 0 N–H and O–H groups in total. The molecule has 1 aliphatic rings.